The Hall–Kier alpha value is -0.680. The van der Waals surface area contributed by atoms with E-state index in [9.17, 15) is 9.50 Å². The van der Waals surface area contributed by atoms with Crippen LogP contribution in [0.15, 0.2) is 24.3 Å². The maximum absolute atomic E-state index is 13.6. The molecule has 5 heteroatoms. The van der Waals surface area contributed by atoms with Crippen molar-refractivity contribution in [1.82, 2.24) is 5.32 Å². The number of morpholine rings is 1. The van der Waals surface area contributed by atoms with Crippen molar-refractivity contribution >= 4 is 12.4 Å². The molecule has 0 radical (unpaired) electrons. The van der Waals surface area contributed by atoms with Gasteiger partial charge in [0.15, 0.2) is 0 Å². The molecule has 2 rings (SSSR count). The minimum absolute atomic E-state index is 0. The summed E-state index contributed by atoms with van der Waals surface area (Å²) in [7, 11) is 0. The zero-order valence-corrected chi connectivity index (χ0v) is 10.6. The van der Waals surface area contributed by atoms with E-state index in [1.165, 1.54) is 6.07 Å². The maximum atomic E-state index is 13.6. The third-order valence-electron chi connectivity index (χ3n) is 2.93. The molecule has 96 valence electrons. The number of aliphatic hydroxyl groups is 1. The molecule has 0 saturated carbocycles. The van der Waals surface area contributed by atoms with Crippen molar-refractivity contribution in [2.75, 3.05) is 6.61 Å². The summed E-state index contributed by atoms with van der Waals surface area (Å²) in [6.07, 6.45) is 0. The van der Waals surface area contributed by atoms with Gasteiger partial charge in [-0.2, -0.15) is 0 Å². The highest BCUT2D eigenvalue weighted by Crippen LogP contribution is 2.31. The Morgan fingerprint density at radius 2 is 2.06 bits per heavy atom. The van der Waals surface area contributed by atoms with Crippen LogP contribution in [0.4, 0.5) is 4.39 Å². The molecule has 3 nitrogen and oxygen atoms in total. The quantitative estimate of drug-likeness (QED) is 0.810. The lowest BCUT2D eigenvalue weighted by atomic mass is 9.96. The molecule has 3 atom stereocenters. The van der Waals surface area contributed by atoms with E-state index in [0.29, 0.717) is 6.61 Å². The first-order valence-corrected chi connectivity index (χ1v) is 5.41. The Morgan fingerprint density at radius 3 is 2.65 bits per heavy atom. The lowest BCUT2D eigenvalue weighted by Crippen LogP contribution is -2.58. The third kappa shape index (κ3) is 2.60. The van der Waals surface area contributed by atoms with Gasteiger partial charge in [-0.25, -0.2) is 4.39 Å². The van der Waals surface area contributed by atoms with Crippen molar-refractivity contribution in [3.63, 3.8) is 0 Å². The van der Waals surface area contributed by atoms with Crippen LogP contribution in [-0.2, 0) is 10.5 Å². The minimum Gasteiger partial charge on any atom is -0.361 e. The third-order valence-corrected chi connectivity index (χ3v) is 2.93. The van der Waals surface area contributed by atoms with Crippen LogP contribution in [-0.4, -0.2) is 23.8 Å². The number of benzene rings is 1. The fourth-order valence-corrected chi connectivity index (χ4v) is 2.03. The Kier molecular flexibility index (Phi) is 4.49. The minimum atomic E-state index is -1.59. The van der Waals surface area contributed by atoms with E-state index in [2.05, 4.69) is 5.32 Å². The SMILES string of the molecule is CC1COC(O)(c2ccccc2F)C(C)N1.Cl. The van der Waals surface area contributed by atoms with E-state index in [1.54, 1.807) is 25.1 Å². The molecule has 0 bridgehead atoms. The van der Waals surface area contributed by atoms with Crippen LogP contribution in [0, 0.1) is 5.82 Å². The van der Waals surface area contributed by atoms with Crippen LogP contribution in [0.2, 0.25) is 0 Å². The topological polar surface area (TPSA) is 41.5 Å². The molecular weight excluding hydrogens is 245 g/mol. The average molecular weight is 262 g/mol. The standard InChI is InChI=1S/C12H16FNO2.ClH/c1-8-7-16-12(15,9(2)14-8)10-5-3-4-6-11(10)13;/h3-6,8-9,14-15H,7H2,1-2H3;1H. The monoisotopic (exact) mass is 261 g/mol. The zero-order chi connectivity index (χ0) is 11.8. The van der Waals surface area contributed by atoms with E-state index in [1.807, 2.05) is 6.92 Å². The molecule has 1 heterocycles. The number of hydrogen-bond acceptors (Lipinski definition) is 3. The summed E-state index contributed by atoms with van der Waals surface area (Å²) in [5, 5.41) is 13.5. The predicted octanol–water partition coefficient (Wildman–Crippen LogP) is 1.79. The first-order chi connectivity index (χ1) is 7.54. The Balaban J connectivity index is 0.00000144. The van der Waals surface area contributed by atoms with E-state index in [-0.39, 0.29) is 30.1 Å². The number of hydrogen-bond donors (Lipinski definition) is 2. The van der Waals surface area contributed by atoms with Crippen molar-refractivity contribution in [3.05, 3.63) is 35.6 Å². The van der Waals surface area contributed by atoms with E-state index in [4.69, 9.17) is 4.74 Å². The van der Waals surface area contributed by atoms with Gasteiger partial charge >= 0.3 is 0 Å². The second-order valence-corrected chi connectivity index (χ2v) is 4.28. The van der Waals surface area contributed by atoms with Gasteiger partial charge in [-0.05, 0) is 19.9 Å². The van der Waals surface area contributed by atoms with Crippen LogP contribution < -0.4 is 5.32 Å². The second-order valence-electron chi connectivity index (χ2n) is 4.28. The number of halogens is 2. The molecule has 1 saturated heterocycles. The van der Waals surface area contributed by atoms with Gasteiger partial charge in [0.05, 0.1) is 12.6 Å². The summed E-state index contributed by atoms with van der Waals surface area (Å²) in [5.74, 6) is -2.04. The van der Waals surface area contributed by atoms with Crippen LogP contribution in [0.3, 0.4) is 0 Å². The van der Waals surface area contributed by atoms with Gasteiger partial charge in [-0.15, -0.1) is 12.4 Å². The molecule has 1 aromatic rings. The van der Waals surface area contributed by atoms with Gasteiger partial charge in [-0.1, -0.05) is 18.2 Å². The van der Waals surface area contributed by atoms with E-state index in [0.717, 1.165) is 0 Å². The van der Waals surface area contributed by atoms with Crippen LogP contribution >= 0.6 is 12.4 Å². The predicted molar refractivity (Wildman–Crippen MR) is 65.6 cm³/mol. The highest BCUT2D eigenvalue weighted by atomic mass is 35.5. The normalized spacial score (nSPS) is 32.9. The van der Waals surface area contributed by atoms with Gasteiger partial charge in [-0.3, -0.25) is 0 Å². The first-order valence-electron chi connectivity index (χ1n) is 5.41. The molecule has 17 heavy (non-hydrogen) atoms. The lowest BCUT2D eigenvalue weighted by Gasteiger charge is -2.41. The summed E-state index contributed by atoms with van der Waals surface area (Å²) in [4.78, 5) is 0. The highest BCUT2D eigenvalue weighted by molar-refractivity contribution is 5.85. The van der Waals surface area contributed by atoms with E-state index < -0.39 is 11.6 Å². The smallest absolute Gasteiger partial charge is 0.210 e. The van der Waals surface area contributed by atoms with E-state index >= 15 is 0 Å². The Morgan fingerprint density at radius 1 is 1.41 bits per heavy atom. The van der Waals surface area contributed by atoms with Gasteiger partial charge in [0.2, 0.25) is 5.79 Å². The largest absolute Gasteiger partial charge is 0.361 e. The van der Waals surface area contributed by atoms with Crippen molar-refractivity contribution in [2.45, 2.75) is 31.7 Å². The van der Waals surface area contributed by atoms with Crippen LogP contribution in [0.5, 0.6) is 0 Å². The van der Waals surface area contributed by atoms with Crippen molar-refractivity contribution in [2.24, 2.45) is 0 Å². The van der Waals surface area contributed by atoms with Crippen molar-refractivity contribution < 1.29 is 14.2 Å². The van der Waals surface area contributed by atoms with Gasteiger partial charge < -0.3 is 15.2 Å². The van der Waals surface area contributed by atoms with Crippen molar-refractivity contribution in [1.29, 1.82) is 0 Å². The molecule has 1 fully saturated rings. The molecule has 1 aromatic carbocycles. The van der Waals surface area contributed by atoms with Gasteiger partial charge in [0.25, 0.3) is 0 Å². The molecule has 2 N–H and O–H groups in total. The molecular formula is C12H17ClFNO2. The van der Waals surface area contributed by atoms with Crippen LogP contribution in [0.1, 0.15) is 19.4 Å². The molecule has 0 aliphatic carbocycles. The summed E-state index contributed by atoms with van der Waals surface area (Å²) in [6, 6.07) is 5.94. The molecule has 1 aliphatic rings. The Bertz CT molecular complexity index is 391. The molecule has 1 aliphatic heterocycles. The summed E-state index contributed by atoms with van der Waals surface area (Å²) in [6.45, 7) is 4.09. The maximum Gasteiger partial charge on any atom is 0.210 e. The average Bonchev–Trinajstić information content (AvgIpc) is 2.25. The first kappa shape index (κ1) is 14.4. The zero-order valence-electron chi connectivity index (χ0n) is 9.81. The summed E-state index contributed by atoms with van der Waals surface area (Å²) < 4.78 is 19.0. The highest BCUT2D eigenvalue weighted by Gasteiger charge is 2.42. The Labute approximate surface area is 106 Å². The fraction of sp³-hybridized carbons (Fsp3) is 0.500. The summed E-state index contributed by atoms with van der Waals surface area (Å²) >= 11 is 0. The number of rotatable bonds is 1. The van der Waals surface area contributed by atoms with Crippen molar-refractivity contribution in [3.8, 4) is 0 Å². The fourth-order valence-electron chi connectivity index (χ4n) is 2.03. The van der Waals surface area contributed by atoms with Crippen LogP contribution in [0.25, 0.3) is 0 Å². The van der Waals surface area contributed by atoms with Gasteiger partial charge in [0.1, 0.15) is 5.82 Å². The number of ether oxygens (including phenoxy) is 1. The number of nitrogens with one attached hydrogen (secondary N) is 1. The lowest BCUT2D eigenvalue weighted by molar-refractivity contribution is -0.254. The van der Waals surface area contributed by atoms with Gasteiger partial charge in [0, 0.05) is 11.6 Å². The summed E-state index contributed by atoms with van der Waals surface area (Å²) in [5.41, 5.74) is 0.182. The molecule has 0 aromatic heterocycles. The molecule has 0 spiro atoms. The second kappa shape index (κ2) is 5.31. The molecule has 3 unspecified atom stereocenters. The molecule has 0 amide bonds.